The highest BCUT2D eigenvalue weighted by Gasteiger charge is 2.28. The number of methoxy groups -OCH3 is 1. The highest BCUT2D eigenvalue weighted by Crippen LogP contribution is 2.27. The van der Waals surface area contributed by atoms with Gasteiger partial charge < -0.3 is 9.47 Å². The Bertz CT molecular complexity index is 1010. The predicted octanol–water partition coefficient (Wildman–Crippen LogP) is 2.56. The Balaban J connectivity index is 2.11. The minimum absolute atomic E-state index is 0.343. The van der Waals surface area contributed by atoms with Crippen molar-refractivity contribution in [3.63, 3.8) is 0 Å². The van der Waals surface area contributed by atoms with Crippen LogP contribution in [0, 0.1) is 0 Å². The summed E-state index contributed by atoms with van der Waals surface area (Å²) in [7, 11) is -2.16. The highest BCUT2D eigenvalue weighted by molar-refractivity contribution is 7.92. The molecular formula is C21H25N3O5S. The van der Waals surface area contributed by atoms with E-state index >= 15 is 0 Å². The molecule has 9 heteroatoms. The zero-order valence-corrected chi connectivity index (χ0v) is 17.9. The normalized spacial score (nSPS) is 12.2. The van der Waals surface area contributed by atoms with Crippen molar-refractivity contribution in [1.29, 1.82) is 0 Å². The molecule has 2 aromatic carbocycles. The van der Waals surface area contributed by atoms with E-state index in [0.717, 1.165) is 10.6 Å². The molecule has 2 rings (SSSR count). The minimum atomic E-state index is -3.68. The Morgan fingerprint density at radius 2 is 1.93 bits per heavy atom. The summed E-state index contributed by atoms with van der Waals surface area (Å²) in [5, 5.41) is 3.93. The van der Waals surface area contributed by atoms with Crippen LogP contribution in [0.5, 0.6) is 11.5 Å². The summed E-state index contributed by atoms with van der Waals surface area (Å²) in [4.78, 5) is 12.5. The SMILES string of the molecule is C=CCOc1ccc(/C=N\NC(=O)[C@@H](C)N(c2ccccc2)S(C)(=O)=O)cc1OC. The van der Waals surface area contributed by atoms with Gasteiger partial charge in [0.15, 0.2) is 11.5 Å². The predicted molar refractivity (Wildman–Crippen MR) is 118 cm³/mol. The molecule has 0 radical (unpaired) electrons. The van der Waals surface area contributed by atoms with E-state index in [1.165, 1.54) is 20.2 Å². The molecular weight excluding hydrogens is 406 g/mol. The molecule has 0 heterocycles. The van der Waals surface area contributed by atoms with E-state index in [2.05, 4.69) is 17.1 Å². The topological polar surface area (TPSA) is 97.3 Å². The Kier molecular flexibility index (Phi) is 7.99. The van der Waals surface area contributed by atoms with Crippen LogP contribution >= 0.6 is 0 Å². The molecule has 0 aliphatic carbocycles. The van der Waals surface area contributed by atoms with Crippen LogP contribution in [0.3, 0.4) is 0 Å². The fourth-order valence-electron chi connectivity index (χ4n) is 2.68. The summed E-state index contributed by atoms with van der Waals surface area (Å²) in [6.07, 6.45) is 4.10. The number of nitrogens with one attached hydrogen (secondary N) is 1. The first-order valence-electron chi connectivity index (χ1n) is 9.07. The van der Waals surface area contributed by atoms with Crippen molar-refractivity contribution in [1.82, 2.24) is 5.43 Å². The van der Waals surface area contributed by atoms with Gasteiger partial charge in [0.2, 0.25) is 10.0 Å². The molecule has 160 valence electrons. The van der Waals surface area contributed by atoms with E-state index in [9.17, 15) is 13.2 Å². The van der Waals surface area contributed by atoms with E-state index in [4.69, 9.17) is 9.47 Å². The minimum Gasteiger partial charge on any atom is -0.493 e. The molecule has 0 spiro atoms. The van der Waals surface area contributed by atoms with Crippen molar-refractivity contribution in [2.45, 2.75) is 13.0 Å². The lowest BCUT2D eigenvalue weighted by Gasteiger charge is -2.27. The lowest BCUT2D eigenvalue weighted by atomic mass is 10.2. The number of sulfonamides is 1. The molecule has 0 unspecified atom stereocenters. The van der Waals surface area contributed by atoms with Crippen molar-refractivity contribution in [2.75, 3.05) is 24.3 Å². The monoisotopic (exact) mass is 431 g/mol. The van der Waals surface area contributed by atoms with Gasteiger partial charge in [-0.2, -0.15) is 5.10 Å². The molecule has 8 nitrogen and oxygen atoms in total. The lowest BCUT2D eigenvalue weighted by Crippen LogP contribution is -2.46. The molecule has 30 heavy (non-hydrogen) atoms. The van der Waals surface area contributed by atoms with Gasteiger partial charge in [-0.3, -0.25) is 9.10 Å². The van der Waals surface area contributed by atoms with E-state index < -0.39 is 22.0 Å². The number of rotatable bonds is 10. The molecule has 2 aromatic rings. The van der Waals surface area contributed by atoms with Gasteiger partial charge in [-0.25, -0.2) is 13.8 Å². The second-order valence-corrected chi connectivity index (χ2v) is 8.17. The Hall–Kier alpha value is -3.33. The van der Waals surface area contributed by atoms with Crippen LogP contribution in [0.25, 0.3) is 0 Å². The Labute approximate surface area is 176 Å². The van der Waals surface area contributed by atoms with Gasteiger partial charge in [-0.1, -0.05) is 30.9 Å². The zero-order valence-electron chi connectivity index (χ0n) is 17.1. The summed E-state index contributed by atoms with van der Waals surface area (Å²) in [5.41, 5.74) is 3.43. The zero-order chi connectivity index (χ0) is 22.1. The number of carbonyl (C=O) groups is 1. The van der Waals surface area contributed by atoms with E-state index in [0.29, 0.717) is 29.4 Å². The van der Waals surface area contributed by atoms with Gasteiger partial charge in [0.1, 0.15) is 12.6 Å². The van der Waals surface area contributed by atoms with E-state index in [1.807, 2.05) is 0 Å². The van der Waals surface area contributed by atoms with Gasteiger partial charge in [0.25, 0.3) is 5.91 Å². The summed E-state index contributed by atoms with van der Waals surface area (Å²) >= 11 is 0. The van der Waals surface area contributed by atoms with Crippen LogP contribution in [0.1, 0.15) is 12.5 Å². The molecule has 1 N–H and O–H groups in total. The second kappa shape index (κ2) is 10.4. The fraction of sp³-hybridized carbons (Fsp3) is 0.238. The van der Waals surface area contributed by atoms with Gasteiger partial charge in [-0.05, 0) is 42.8 Å². The molecule has 0 fully saturated rings. The van der Waals surface area contributed by atoms with Crippen molar-refractivity contribution in [3.8, 4) is 11.5 Å². The van der Waals surface area contributed by atoms with Crippen LogP contribution in [0.15, 0.2) is 66.3 Å². The first-order valence-corrected chi connectivity index (χ1v) is 10.9. The lowest BCUT2D eigenvalue weighted by molar-refractivity contribution is -0.121. The summed E-state index contributed by atoms with van der Waals surface area (Å²) in [6.45, 7) is 5.44. The largest absolute Gasteiger partial charge is 0.493 e. The van der Waals surface area contributed by atoms with E-state index in [-0.39, 0.29) is 0 Å². The molecule has 0 aliphatic heterocycles. The third kappa shape index (κ3) is 6.08. The standard InChI is InChI=1S/C21H25N3O5S/c1-5-13-29-19-12-11-17(14-20(19)28-3)15-22-23-21(25)16(2)24(30(4,26)27)18-9-7-6-8-10-18/h5-12,14-16H,1,13H2,2-4H3,(H,23,25)/b22-15-/t16-/m1/s1. The van der Waals surface area contributed by atoms with Crippen molar-refractivity contribution < 1.29 is 22.7 Å². The molecule has 1 amide bonds. The number of benzene rings is 2. The summed E-state index contributed by atoms with van der Waals surface area (Å²) in [6, 6.07) is 12.6. The first kappa shape index (κ1) is 23.0. The average Bonchev–Trinajstić information content (AvgIpc) is 2.72. The molecule has 0 aliphatic rings. The van der Waals surface area contributed by atoms with Crippen molar-refractivity contribution >= 4 is 27.8 Å². The Morgan fingerprint density at radius 1 is 1.23 bits per heavy atom. The van der Waals surface area contributed by atoms with Crippen LogP contribution in [-0.2, 0) is 14.8 Å². The highest BCUT2D eigenvalue weighted by atomic mass is 32.2. The van der Waals surface area contributed by atoms with Gasteiger partial charge in [-0.15, -0.1) is 0 Å². The number of nitrogens with zero attached hydrogens (tertiary/aromatic N) is 2. The number of amides is 1. The molecule has 1 atom stereocenters. The maximum absolute atomic E-state index is 12.5. The third-order valence-electron chi connectivity index (χ3n) is 4.03. The summed E-state index contributed by atoms with van der Waals surface area (Å²) in [5.74, 6) is 0.491. The maximum Gasteiger partial charge on any atom is 0.263 e. The number of para-hydroxylation sites is 1. The molecule has 0 bridgehead atoms. The molecule has 0 aromatic heterocycles. The number of ether oxygens (including phenoxy) is 2. The van der Waals surface area contributed by atoms with Crippen molar-refractivity contribution in [2.24, 2.45) is 5.10 Å². The van der Waals surface area contributed by atoms with Crippen LogP contribution < -0.4 is 19.2 Å². The number of hydrogen-bond acceptors (Lipinski definition) is 6. The van der Waals surface area contributed by atoms with Crippen LogP contribution in [-0.4, -0.2) is 46.6 Å². The van der Waals surface area contributed by atoms with Crippen LogP contribution in [0.4, 0.5) is 5.69 Å². The van der Waals surface area contributed by atoms with Gasteiger partial charge >= 0.3 is 0 Å². The molecule has 0 saturated carbocycles. The number of carbonyl (C=O) groups excluding carboxylic acids is 1. The number of hydrazone groups is 1. The Morgan fingerprint density at radius 3 is 2.53 bits per heavy atom. The average molecular weight is 432 g/mol. The fourth-order valence-corrected chi connectivity index (χ4v) is 3.85. The number of hydrogen-bond donors (Lipinski definition) is 1. The molecule has 0 saturated heterocycles. The smallest absolute Gasteiger partial charge is 0.263 e. The second-order valence-electron chi connectivity index (χ2n) is 6.31. The van der Waals surface area contributed by atoms with Crippen molar-refractivity contribution in [3.05, 3.63) is 66.7 Å². The number of anilines is 1. The van der Waals surface area contributed by atoms with E-state index in [1.54, 1.807) is 54.6 Å². The van der Waals surface area contributed by atoms with Gasteiger partial charge in [0, 0.05) is 0 Å². The maximum atomic E-state index is 12.5. The third-order valence-corrected chi connectivity index (χ3v) is 5.27. The summed E-state index contributed by atoms with van der Waals surface area (Å²) < 4.78 is 36.3. The quantitative estimate of drug-likeness (QED) is 0.354. The first-order chi connectivity index (χ1) is 14.3. The van der Waals surface area contributed by atoms with Gasteiger partial charge in [0.05, 0.1) is 25.3 Å². The van der Waals surface area contributed by atoms with Crippen LogP contribution in [0.2, 0.25) is 0 Å².